The number of furan rings is 1. The number of hydrogen-bond acceptors (Lipinski definition) is 10. The molecular formula is C24H22N6O6S. The number of nitro groups is 1. The molecule has 3 heterocycles. The van der Waals surface area contributed by atoms with Crippen LogP contribution in [0.15, 0.2) is 76.8 Å². The highest BCUT2D eigenvalue weighted by Gasteiger charge is 2.24. The van der Waals surface area contributed by atoms with Gasteiger partial charge >= 0.3 is 5.97 Å². The maximum Gasteiger partial charge on any atom is 0.326 e. The van der Waals surface area contributed by atoms with E-state index in [0.717, 1.165) is 22.2 Å². The lowest BCUT2D eigenvalue weighted by atomic mass is 10.2. The van der Waals surface area contributed by atoms with Gasteiger partial charge in [-0.05, 0) is 37.3 Å². The van der Waals surface area contributed by atoms with E-state index < -0.39 is 23.3 Å². The molecule has 12 nitrogen and oxygen atoms in total. The largest absolute Gasteiger partial charge is 0.467 e. The average molecular weight is 523 g/mol. The average Bonchev–Trinajstić information content (AvgIpc) is 3.57. The predicted octanol–water partition coefficient (Wildman–Crippen LogP) is 3.58. The summed E-state index contributed by atoms with van der Waals surface area (Å²) in [5.74, 6) is 0.0267. The molecule has 13 heteroatoms. The van der Waals surface area contributed by atoms with Gasteiger partial charge in [0.15, 0.2) is 11.0 Å². The zero-order valence-electron chi connectivity index (χ0n) is 19.7. The van der Waals surface area contributed by atoms with Crippen molar-refractivity contribution in [2.24, 2.45) is 0 Å². The minimum atomic E-state index is -0.631. The Bertz CT molecular complexity index is 1380. The molecule has 3 aromatic heterocycles. The van der Waals surface area contributed by atoms with Crippen LogP contribution in [0, 0.1) is 10.1 Å². The molecule has 4 rings (SSSR count). The number of thioether (sulfide) groups is 1. The van der Waals surface area contributed by atoms with Gasteiger partial charge in [0.1, 0.15) is 12.3 Å². The van der Waals surface area contributed by atoms with Crippen LogP contribution in [0.3, 0.4) is 0 Å². The van der Waals surface area contributed by atoms with Crippen LogP contribution < -0.4 is 4.90 Å². The Balaban J connectivity index is 1.59. The maximum absolute atomic E-state index is 13.3. The molecule has 0 bridgehead atoms. The molecule has 1 aromatic carbocycles. The molecule has 190 valence electrons. The molecule has 0 aliphatic heterocycles. The SMILES string of the molecule is CCOC(=O)CN(C(=O)CSc1nnc(-c2ccncc2)n1Cc1ccco1)c1cccc([N+](=O)[O-])c1. The zero-order chi connectivity index (χ0) is 26.2. The molecule has 0 saturated heterocycles. The molecular weight excluding hydrogens is 500 g/mol. The highest BCUT2D eigenvalue weighted by atomic mass is 32.2. The summed E-state index contributed by atoms with van der Waals surface area (Å²) < 4.78 is 12.3. The molecule has 1 amide bonds. The van der Waals surface area contributed by atoms with Crippen LogP contribution >= 0.6 is 11.8 Å². The van der Waals surface area contributed by atoms with Gasteiger partial charge in [0.2, 0.25) is 5.91 Å². The fraction of sp³-hybridized carbons (Fsp3) is 0.208. The monoisotopic (exact) mass is 522 g/mol. The molecule has 0 fully saturated rings. The van der Waals surface area contributed by atoms with Gasteiger partial charge < -0.3 is 14.1 Å². The minimum absolute atomic E-state index is 0.116. The summed E-state index contributed by atoms with van der Waals surface area (Å²) in [6.45, 7) is 1.72. The van der Waals surface area contributed by atoms with Crippen LogP contribution in [0.4, 0.5) is 11.4 Å². The third-order valence-corrected chi connectivity index (χ3v) is 6.07. The van der Waals surface area contributed by atoms with Crippen LogP contribution in [0.1, 0.15) is 12.7 Å². The number of ether oxygens (including phenoxy) is 1. The second-order valence-electron chi connectivity index (χ2n) is 7.56. The second-order valence-corrected chi connectivity index (χ2v) is 8.50. The topological polar surface area (TPSA) is 146 Å². The van der Waals surface area contributed by atoms with Gasteiger partial charge in [0.05, 0.1) is 35.8 Å². The van der Waals surface area contributed by atoms with Crippen molar-refractivity contribution in [3.05, 3.63) is 83.1 Å². The lowest BCUT2D eigenvalue weighted by Gasteiger charge is -2.21. The highest BCUT2D eigenvalue weighted by Crippen LogP contribution is 2.27. The Morgan fingerprint density at radius 3 is 2.68 bits per heavy atom. The minimum Gasteiger partial charge on any atom is -0.467 e. The summed E-state index contributed by atoms with van der Waals surface area (Å²) in [5.41, 5.74) is 0.794. The number of carbonyl (C=O) groups excluding carboxylic acids is 2. The van der Waals surface area contributed by atoms with E-state index >= 15 is 0 Å². The number of hydrogen-bond donors (Lipinski definition) is 0. The normalized spacial score (nSPS) is 10.7. The number of esters is 1. The van der Waals surface area contributed by atoms with E-state index in [-0.39, 0.29) is 23.7 Å². The van der Waals surface area contributed by atoms with Crippen molar-refractivity contribution in [1.82, 2.24) is 19.7 Å². The Hall–Kier alpha value is -4.52. The van der Waals surface area contributed by atoms with Crippen molar-refractivity contribution in [2.45, 2.75) is 18.6 Å². The molecule has 0 unspecified atom stereocenters. The molecule has 0 saturated carbocycles. The van der Waals surface area contributed by atoms with Crippen LogP contribution in [0.5, 0.6) is 0 Å². The van der Waals surface area contributed by atoms with Gasteiger partial charge in [0.25, 0.3) is 5.69 Å². The van der Waals surface area contributed by atoms with Crippen molar-refractivity contribution in [3.63, 3.8) is 0 Å². The van der Waals surface area contributed by atoms with Gasteiger partial charge in [-0.2, -0.15) is 0 Å². The molecule has 0 atom stereocenters. The van der Waals surface area contributed by atoms with Crippen LogP contribution in [-0.2, 0) is 20.9 Å². The Morgan fingerprint density at radius 2 is 1.97 bits per heavy atom. The maximum atomic E-state index is 13.3. The number of nitrogens with zero attached hydrogens (tertiary/aromatic N) is 6. The first-order valence-electron chi connectivity index (χ1n) is 11.2. The van der Waals surface area contributed by atoms with E-state index in [0.29, 0.717) is 23.3 Å². The van der Waals surface area contributed by atoms with Crippen LogP contribution in [0.25, 0.3) is 11.4 Å². The van der Waals surface area contributed by atoms with E-state index in [4.69, 9.17) is 9.15 Å². The number of aromatic nitrogens is 4. The third kappa shape index (κ3) is 6.38. The first-order chi connectivity index (χ1) is 18.0. The number of nitro benzene ring substituents is 1. The van der Waals surface area contributed by atoms with Gasteiger partial charge in [-0.1, -0.05) is 17.8 Å². The lowest BCUT2D eigenvalue weighted by Crippen LogP contribution is -2.37. The Kier molecular flexibility index (Phi) is 8.26. The molecule has 0 radical (unpaired) electrons. The van der Waals surface area contributed by atoms with Crippen molar-refractivity contribution < 1.29 is 23.7 Å². The number of non-ortho nitro benzene ring substituents is 1. The number of pyridine rings is 1. The fourth-order valence-corrected chi connectivity index (χ4v) is 4.26. The molecule has 0 aliphatic carbocycles. The van der Waals surface area contributed by atoms with Crippen molar-refractivity contribution in [1.29, 1.82) is 0 Å². The number of anilines is 1. The highest BCUT2D eigenvalue weighted by molar-refractivity contribution is 7.99. The molecule has 0 spiro atoms. The molecule has 0 N–H and O–H groups in total. The Morgan fingerprint density at radius 1 is 1.16 bits per heavy atom. The van der Waals surface area contributed by atoms with Crippen molar-refractivity contribution in [2.75, 3.05) is 23.8 Å². The summed E-state index contributed by atoms with van der Waals surface area (Å²) >= 11 is 1.12. The van der Waals surface area contributed by atoms with Crippen LogP contribution in [0.2, 0.25) is 0 Å². The first-order valence-corrected chi connectivity index (χ1v) is 12.1. The van der Waals surface area contributed by atoms with Gasteiger partial charge in [-0.15, -0.1) is 10.2 Å². The third-order valence-electron chi connectivity index (χ3n) is 5.12. The van der Waals surface area contributed by atoms with Gasteiger partial charge in [-0.3, -0.25) is 29.3 Å². The summed E-state index contributed by atoms with van der Waals surface area (Å²) in [7, 11) is 0. The van der Waals surface area contributed by atoms with E-state index in [1.54, 1.807) is 43.8 Å². The van der Waals surface area contributed by atoms with Gasteiger partial charge in [0, 0.05) is 30.1 Å². The van der Waals surface area contributed by atoms with Crippen molar-refractivity contribution in [3.8, 4) is 11.4 Å². The van der Waals surface area contributed by atoms with E-state index in [2.05, 4.69) is 15.2 Å². The standard InChI is InChI=1S/C24H22N6O6S/c1-2-35-22(32)15-28(18-5-3-6-19(13-18)30(33)34)21(31)16-37-24-27-26-23(17-8-10-25-11-9-17)29(24)14-20-7-4-12-36-20/h3-13H,2,14-16H2,1H3. The van der Waals surface area contributed by atoms with Crippen molar-refractivity contribution >= 4 is 35.0 Å². The quantitative estimate of drug-likeness (QED) is 0.124. The smallest absolute Gasteiger partial charge is 0.326 e. The van der Waals surface area contributed by atoms with E-state index in [1.807, 2.05) is 10.6 Å². The number of amides is 1. The van der Waals surface area contributed by atoms with Gasteiger partial charge in [-0.25, -0.2) is 0 Å². The first kappa shape index (κ1) is 25.6. The summed E-state index contributed by atoms with van der Waals surface area (Å²) in [6, 6.07) is 12.7. The Labute approximate surface area is 215 Å². The fourth-order valence-electron chi connectivity index (χ4n) is 3.45. The number of carbonyl (C=O) groups is 2. The summed E-state index contributed by atoms with van der Waals surface area (Å²) in [6.07, 6.45) is 4.85. The second kappa shape index (κ2) is 11.9. The number of benzene rings is 1. The predicted molar refractivity (Wildman–Crippen MR) is 134 cm³/mol. The van der Waals surface area contributed by atoms with E-state index in [9.17, 15) is 19.7 Å². The lowest BCUT2D eigenvalue weighted by molar-refractivity contribution is -0.384. The molecule has 37 heavy (non-hydrogen) atoms. The number of rotatable bonds is 11. The summed E-state index contributed by atoms with van der Waals surface area (Å²) in [4.78, 5) is 41.4. The molecule has 4 aromatic rings. The van der Waals surface area contributed by atoms with E-state index in [1.165, 1.54) is 24.3 Å². The molecule has 0 aliphatic rings. The summed E-state index contributed by atoms with van der Waals surface area (Å²) in [5, 5.41) is 20.3. The van der Waals surface area contributed by atoms with Crippen LogP contribution in [-0.4, -0.2) is 55.5 Å². The zero-order valence-corrected chi connectivity index (χ0v) is 20.5.